The molecule has 0 spiro atoms. The molecule has 0 unspecified atom stereocenters. The number of aryl methyl sites for hydroxylation is 1. The first kappa shape index (κ1) is 23.5. The van der Waals surface area contributed by atoms with Crippen LogP contribution in [0, 0.1) is 0 Å². The lowest BCUT2D eigenvalue weighted by Gasteiger charge is -2.32. The molecular formula is C25H39N7O. The van der Waals surface area contributed by atoms with Crippen LogP contribution in [0.4, 0.5) is 23.5 Å². The maximum absolute atomic E-state index is 5.53. The number of ether oxygens (including phenoxy) is 1. The van der Waals surface area contributed by atoms with Gasteiger partial charge >= 0.3 is 0 Å². The van der Waals surface area contributed by atoms with Crippen molar-refractivity contribution in [3.05, 3.63) is 23.8 Å². The molecule has 1 saturated carbocycles. The van der Waals surface area contributed by atoms with Gasteiger partial charge in [-0.2, -0.15) is 15.0 Å². The minimum absolute atomic E-state index is 0.431. The Labute approximate surface area is 198 Å². The number of hydrogen-bond acceptors (Lipinski definition) is 8. The molecule has 4 rings (SSSR count). The number of nitrogens with one attached hydrogen (secondary N) is 2. The number of aromatic nitrogens is 3. The summed E-state index contributed by atoms with van der Waals surface area (Å²) in [5.74, 6) is 2.93. The van der Waals surface area contributed by atoms with Crippen molar-refractivity contribution in [3.8, 4) is 5.75 Å². The van der Waals surface area contributed by atoms with Crippen molar-refractivity contribution in [2.45, 2.75) is 64.3 Å². The second-order valence-corrected chi connectivity index (χ2v) is 9.31. The molecule has 1 aliphatic carbocycles. The van der Waals surface area contributed by atoms with Crippen molar-refractivity contribution in [1.29, 1.82) is 0 Å². The number of nitrogens with zero attached hydrogens (tertiary/aromatic N) is 5. The van der Waals surface area contributed by atoms with Crippen LogP contribution in [0.15, 0.2) is 18.2 Å². The molecular weight excluding hydrogens is 414 g/mol. The van der Waals surface area contributed by atoms with E-state index in [2.05, 4.69) is 40.5 Å². The first-order chi connectivity index (χ1) is 16.1. The van der Waals surface area contributed by atoms with Gasteiger partial charge in [-0.3, -0.25) is 0 Å². The topological polar surface area (TPSA) is 78.4 Å². The molecule has 33 heavy (non-hydrogen) atoms. The maximum atomic E-state index is 5.53. The summed E-state index contributed by atoms with van der Waals surface area (Å²) in [7, 11) is 3.88. The van der Waals surface area contributed by atoms with Gasteiger partial charge in [-0.1, -0.05) is 39.0 Å². The number of piperazine rings is 1. The monoisotopic (exact) mass is 453 g/mol. The van der Waals surface area contributed by atoms with Crippen molar-refractivity contribution in [2.75, 3.05) is 55.9 Å². The number of likely N-dealkylation sites (N-methyl/N-ethyl adjacent to an activating group) is 1. The van der Waals surface area contributed by atoms with Crippen molar-refractivity contribution >= 4 is 23.5 Å². The standard InChI is InChI=1S/C25H39N7O/c1-4-9-19-18-21(12-13-22(19)33-3)27-24-28-23(26-20-10-7-5-6-8-11-20)29-25(30-24)32-16-14-31(2)15-17-32/h12-13,18,20H,4-11,14-17H2,1-3H3,(H2,26,27,28,29,30). The molecule has 8 heteroatoms. The van der Waals surface area contributed by atoms with Gasteiger partial charge in [-0.25, -0.2) is 0 Å². The van der Waals surface area contributed by atoms with E-state index in [0.29, 0.717) is 17.9 Å². The highest BCUT2D eigenvalue weighted by Crippen LogP contribution is 2.27. The van der Waals surface area contributed by atoms with E-state index in [1.165, 1.54) is 44.1 Å². The first-order valence-corrected chi connectivity index (χ1v) is 12.5. The Morgan fingerprint density at radius 3 is 2.39 bits per heavy atom. The lowest BCUT2D eigenvalue weighted by atomic mass is 10.1. The molecule has 180 valence electrons. The van der Waals surface area contributed by atoms with E-state index in [4.69, 9.17) is 19.7 Å². The SMILES string of the molecule is CCCc1cc(Nc2nc(NC3CCCCCC3)nc(N3CCN(C)CC3)n2)ccc1OC. The Balaban J connectivity index is 1.59. The average Bonchev–Trinajstić information content (AvgIpc) is 3.08. The van der Waals surface area contributed by atoms with Gasteiger partial charge in [0.2, 0.25) is 17.8 Å². The van der Waals surface area contributed by atoms with E-state index in [0.717, 1.165) is 56.4 Å². The molecule has 0 bridgehead atoms. The second kappa shape index (κ2) is 11.5. The van der Waals surface area contributed by atoms with Crippen LogP contribution in [-0.4, -0.2) is 66.2 Å². The van der Waals surface area contributed by atoms with Crippen LogP contribution in [0.5, 0.6) is 5.75 Å². The van der Waals surface area contributed by atoms with Gasteiger partial charge in [0.1, 0.15) is 5.75 Å². The molecule has 8 nitrogen and oxygen atoms in total. The Morgan fingerprint density at radius 1 is 0.970 bits per heavy atom. The smallest absolute Gasteiger partial charge is 0.233 e. The molecule has 2 fully saturated rings. The summed E-state index contributed by atoms with van der Waals surface area (Å²) in [4.78, 5) is 19.0. The summed E-state index contributed by atoms with van der Waals surface area (Å²) in [5, 5.41) is 7.06. The Hall–Kier alpha value is -2.61. The highest BCUT2D eigenvalue weighted by atomic mass is 16.5. The van der Waals surface area contributed by atoms with Gasteiger partial charge in [0.15, 0.2) is 0 Å². The summed E-state index contributed by atoms with van der Waals surface area (Å²) >= 11 is 0. The molecule has 2 heterocycles. The molecule has 1 saturated heterocycles. The van der Waals surface area contributed by atoms with Crippen molar-refractivity contribution in [1.82, 2.24) is 19.9 Å². The fraction of sp³-hybridized carbons (Fsp3) is 0.640. The fourth-order valence-electron chi connectivity index (χ4n) is 4.69. The van der Waals surface area contributed by atoms with Crippen LogP contribution in [-0.2, 0) is 6.42 Å². The fourth-order valence-corrected chi connectivity index (χ4v) is 4.69. The summed E-state index contributed by atoms with van der Waals surface area (Å²) in [5.41, 5.74) is 2.16. The van der Waals surface area contributed by atoms with E-state index >= 15 is 0 Å². The quantitative estimate of drug-likeness (QED) is 0.567. The second-order valence-electron chi connectivity index (χ2n) is 9.31. The number of anilines is 4. The van der Waals surface area contributed by atoms with E-state index in [1.807, 2.05) is 12.1 Å². The van der Waals surface area contributed by atoms with Gasteiger partial charge in [0.25, 0.3) is 0 Å². The third-order valence-corrected chi connectivity index (χ3v) is 6.65. The molecule has 1 aromatic carbocycles. The normalized spacial score (nSPS) is 18.1. The number of benzene rings is 1. The Kier molecular flexibility index (Phi) is 8.20. The summed E-state index contributed by atoms with van der Waals surface area (Å²) in [6.07, 6.45) is 9.58. The van der Waals surface area contributed by atoms with Gasteiger partial charge in [-0.05, 0) is 50.1 Å². The maximum Gasteiger partial charge on any atom is 0.233 e. The third-order valence-electron chi connectivity index (χ3n) is 6.65. The Bertz CT molecular complexity index is 890. The van der Waals surface area contributed by atoms with Gasteiger partial charge in [0, 0.05) is 37.9 Å². The molecule has 0 atom stereocenters. The first-order valence-electron chi connectivity index (χ1n) is 12.5. The van der Waals surface area contributed by atoms with Gasteiger partial charge in [0.05, 0.1) is 7.11 Å². The lowest BCUT2D eigenvalue weighted by Crippen LogP contribution is -2.45. The minimum atomic E-state index is 0.431. The number of rotatable bonds is 8. The third kappa shape index (κ3) is 6.47. The van der Waals surface area contributed by atoms with Crippen LogP contribution in [0.1, 0.15) is 57.4 Å². The van der Waals surface area contributed by atoms with Crippen LogP contribution in [0.2, 0.25) is 0 Å². The van der Waals surface area contributed by atoms with Crippen LogP contribution >= 0.6 is 0 Å². The van der Waals surface area contributed by atoms with Crippen LogP contribution in [0.25, 0.3) is 0 Å². The van der Waals surface area contributed by atoms with Gasteiger partial charge < -0.3 is 25.2 Å². The van der Waals surface area contributed by atoms with E-state index in [1.54, 1.807) is 7.11 Å². The number of hydrogen-bond donors (Lipinski definition) is 2. The molecule has 0 radical (unpaired) electrons. The highest BCUT2D eigenvalue weighted by Gasteiger charge is 2.20. The van der Waals surface area contributed by atoms with E-state index < -0.39 is 0 Å². The molecule has 2 aromatic rings. The molecule has 2 aliphatic rings. The summed E-state index contributed by atoms with van der Waals surface area (Å²) < 4.78 is 5.53. The van der Waals surface area contributed by atoms with Crippen LogP contribution < -0.4 is 20.3 Å². The minimum Gasteiger partial charge on any atom is -0.496 e. The molecule has 2 N–H and O–H groups in total. The summed E-state index contributed by atoms with van der Waals surface area (Å²) in [6, 6.07) is 6.61. The zero-order valence-corrected chi connectivity index (χ0v) is 20.4. The van der Waals surface area contributed by atoms with Crippen molar-refractivity contribution in [2.24, 2.45) is 0 Å². The molecule has 0 amide bonds. The van der Waals surface area contributed by atoms with Crippen LogP contribution in [0.3, 0.4) is 0 Å². The number of methoxy groups -OCH3 is 1. The largest absolute Gasteiger partial charge is 0.496 e. The molecule has 1 aliphatic heterocycles. The van der Waals surface area contributed by atoms with Crippen molar-refractivity contribution < 1.29 is 4.74 Å². The predicted octanol–water partition coefficient (Wildman–Crippen LogP) is 4.46. The van der Waals surface area contributed by atoms with Gasteiger partial charge in [-0.15, -0.1) is 0 Å². The highest BCUT2D eigenvalue weighted by molar-refractivity contribution is 5.59. The van der Waals surface area contributed by atoms with E-state index in [-0.39, 0.29) is 0 Å². The lowest BCUT2D eigenvalue weighted by molar-refractivity contribution is 0.311. The summed E-state index contributed by atoms with van der Waals surface area (Å²) in [6.45, 7) is 6.05. The zero-order valence-electron chi connectivity index (χ0n) is 20.4. The van der Waals surface area contributed by atoms with Crippen molar-refractivity contribution in [3.63, 3.8) is 0 Å². The average molecular weight is 454 g/mol. The molecule has 1 aromatic heterocycles. The Morgan fingerprint density at radius 2 is 1.70 bits per heavy atom. The van der Waals surface area contributed by atoms with E-state index in [9.17, 15) is 0 Å². The zero-order chi connectivity index (χ0) is 23.0. The predicted molar refractivity (Wildman–Crippen MR) is 135 cm³/mol.